The fourth-order valence-electron chi connectivity index (χ4n) is 1.66. The summed E-state index contributed by atoms with van der Waals surface area (Å²) in [6.45, 7) is 4.82. The molecule has 82 valence electrons. The van der Waals surface area contributed by atoms with Crippen molar-refractivity contribution in [3.05, 3.63) is 27.7 Å². The van der Waals surface area contributed by atoms with Gasteiger partial charge in [-0.15, -0.1) is 0 Å². The van der Waals surface area contributed by atoms with E-state index in [1.807, 2.05) is 26.0 Å². The Morgan fingerprint density at radius 2 is 2.13 bits per heavy atom. The molecular weight excluding hydrogens is 258 g/mol. The van der Waals surface area contributed by atoms with Crippen molar-refractivity contribution >= 4 is 15.9 Å². The summed E-state index contributed by atoms with van der Waals surface area (Å²) >= 11 is 3.47. The predicted molar refractivity (Wildman–Crippen MR) is 61.6 cm³/mol. The fourth-order valence-corrected chi connectivity index (χ4v) is 2.16. The van der Waals surface area contributed by atoms with Gasteiger partial charge in [0.15, 0.2) is 6.79 Å². The van der Waals surface area contributed by atoms with Crippen molar-refractivity contribution in [2.75, 3.05) is 6.79 Å². The first-order valence-corrected chi connectivity index (χ1v) is 5.60. The summed E-state index contributed by atoms with van der Waals surface area (Å²) in [5, 5.41) is 0. The third kappa shape index (κ3) is 2.17. The molecule has 1 aliphatic rings. The number of hydrogen-bond acceptors (Lipinski definition) is 3. The number of hydrogen-bond donors (Lipinski definition) is 1. The van der Waals surface area contributed by atoms with Crippen LogP contribution in [0.1, 0.15) is 25.0 Å². The molecule has 0 radical (unpaired) electrons. The van der Waals surface area contributed by atoms with E-state index in [9.17, 15) is 0 Å². The minimum atomic E-state index is -0.412. The molecule has 0 fully saturated rings. The zero-order chi connectivity index (χ0) is 11.1. The van der Waals surface area contributed by atoms with Gasteiger partial charge in [0, 0.05) is 21.1 Å². The number of benzene rings is 1. The predicted octanol–water partition coefficient (Wildman–Crippen LogP) is 2.51. The highest BCUT2D eigenvalue weighted by atomic mass is 79.9. The summed E-state index contributed by atoms with van der Waals surface area (Å²) in [6, 6.07) is 4.01. The lowest BCUT2D eigenvalue weighted by Crippen LogP contribution is -2.30. The van der Waals surface area contributed by atoms with Crippen molar-refractivity contribution in [2.24, 2.45) is 5.73 Å². The largest absolute Gasteiger partial charge is 0.467 e. The van der Waals surface area contributed by atoms with Gasteiger partial charge in [-0.3, -0.25) is 0 Å². The highest BCUT2D eigenvalue weighted by molar-refractivity contribution is 9.10. The van der Waals surface area contributed by atoms with Crippen molar-refractivity contribution in [1.82, 2.24) is 0 Å². The highest BCUT2D eigenvalue weighted by Crippen LogP contribution is 2.36. The summed E-state index contributed by atoms with van der Waals surface area (Å²) < 4.78 is 11.8. The second-order valence-electron chi connectivity index (χ2n) is 4.27. The SMILES string of the molecule is CC(C)(N)c1cc(Br)cc2c1OCOC2. The van der Waals surface area contributed by atoms with Crippen LogP contribution in [0.5, 0.6) is 5.75 Å². The van der Waals surface area contributed by atoms with Gasteiger partial charge in [-0.2, -0.15) is 0 Å². The zero-order valence-corrected chi connectivity index (χ0v) is 10.4. The molecule has 0 bridgehead atoms. The van der Waals surface area contributed by atoms with Crippen LogP contribution in [-0.2, 0) is 16.9 Å². The Morgan fingerprint density at radius 1 is 1.40 bits per heavy atom. The first-order valence-electron chi connectivity index (χ1n) is 4.81. The van der Waals surface area contributed by atoms with E-state index >= 15 is 0 Å². The second-order valence-corrected chi connectivity index (χ2v) is 5.19. The third-order valence-electron chi connectivity index (χ3n) is 2.37. The lowest BCUT2D eigenvalue weighted by Gasteiger charge is -2.27. The van der Waals surface area contributed by atoms with E-state index in [0.29, 0.717) is 13.4 Å². The Bertz CT molecular complexity index is 385. The van der Waals surface area contributed by atoms with Crippen LogP contribution < -0.4 is 10.5 Å². The van der Waals surface area contributed by atoms with Gasteiger partial charge in [-0.05, 0) is 26.0 Å². The minimum absolute atomic E-state index is 0.303. The van der Waals surface area contributed by atoms with Gasteiger partial charge in [-0.1, -0.05) is 15.9 Å². The number of rotatable bonds is 1. The van der Waals surface area contributed by atoms with Gasteiger partial charge in [0.2, 0.25) is 0 Å². The molecule has 0 spiro atoms. The molecular formula is C11H14BrNO2. The van der Waals surface area contributed by atoms with E-state index < -0.39 is 5.54 Å². The maximum atomic E-state index is 6.11. The topological polar surface area (TPSA) is 44.5 Å². The summed E-state index contributed by atoms with van der Waals surface area (Å²) in [7, 11) is 0. The summed E-state index contributed by atoms with van der Waals surface area (Å²) in [6.07, 6.45) is 0. The van der Waals surface area contributed by atoms with Crippen molar-refractivity contribution < 1.29 is 9.47 Å². The number of halogens is 1. The van der Waals surface area contributed by atoms with Crippen LogP contribution in [0, 0.1) is 0 Å². The van der Waals surface area contributed by atoms with E-state index in [2.05, 4.69) is 15.9 Å². The Morgan fingerprint density at radius 3 is 2.80 bits per heavy atom. The van der Waals surface area contributed by atoms with E-state index in [4.69, 9.17) is 15.2 Å². The molecule has 15 heavy (non-hydrogen) atoms. The van der Waals surface area contributed by atoms with Crippen LogP contribution in [0.3, 0.4) is 0 Å². The molecule has 1 aromatic carbocycles. The van der Waals surface area contributed by atoms with Crippen LogP contribution >= 0.6 is 15.9 Å². The molecule has 0 saturated carbocycles. The first kappa shape index (κ1) is 10.9. The first-order chi connectivity index (χ1) is 6.98. The van der Waals surface area contributed by atoms with Crippen LogP contribution in [0.25, 0.3) is 0 Å². The molecule has 1 aliphatic heterocycles. The van der Waals surface area contributed by atoms with Gasteiger partial charge in [0.1, 0.15) is 5.75 Å². The molecule has 1 aromatic rings. The van der Waals surface area contributed by atoms with Gasteiger partial charge in [0.05, 0.1) is 6.61 Å². The average Bonchev–Trinajstić information content (AvgIpc) is 2.15. The summed E-state index contributed by atoms with van der Waals surface area (Å²) in [5.74, 6) is 0.872. The minimum Gasteiger partial charge on any atom is -0.467 e. The van der Waals surface area contributed by atoms with Crippen molar-refractivity contribution in [3.8, 4) is 5.75 Å². The molecule has 0 atom stereocenters. The molecule has 3 nitrogen and oxygen atoms in total. The van der Waals surface area contributed by atoms with Crippen LogP contribution in [0.2, 0.25) is 0 Å². The van der Waals surface area contributed by atoms with Gasteiger partial charge in [-0.25, -0.2) is 0 Å². The number of ether oxygens (including phenoxy) is 2. The standard InChI is InChI=1S/C11H14BrNO2/c1-11(2,13)9-4-8(12)3-7-5-14-6-15-10(7)9/h3-4H,5-6,13H2,1-2H3. The highest BCUT2D eigenvalue weighted by Gasteiger charge is 2.24. The monoisotopic (exact) mass is 271 g/mol. The van der Waals surface area contributed by atoms with Gasteiger partial charge in [0.25, 0.3) is 0 Å². The number of nitrogens with two attached hydrogens (primary N) is 1. The summed E-state index contributed by atoms with van der Waals surface area (Å²) in [5.41, 5.74) is 7.75. The molecule has 0 unspecified atom stereocenters. The molecule has 0 aromatic heterocycles. The maximum absolute atomic E-state index is 6.11. The van der Waals surface area contributed by atoms with E-state index in [0.717, 1.165) is 21.3 Å². The van der Waals surface area contributed by atoms with Crippen LogP contribution in [0.15, 0.2) is 16.6 Å². The van der Waals surface area contributed by atoms with Crippen LogP contribution in [-0.4, -0.2) is 6.79 Å². The lowest BCUT2D eigenvalue weighted by molar-refractivity contribution is -0.0176. The maximum Gasteiger partial charge on any atom is 0.189 e. The quantitative estimate of drug-likeness (QED) is 0.854. The average molecular weight is 272 g/mol. The Balaban J connectivity index is 2.58. The lowest BCUT2D eigenvalue weighted by atomic mass is 9.92. The van der Waals surface area contributed by atoms with Crippen molar-refractivity contribution in [1.29, 1.82) is 0 Å². The second kappa shape index (κ2) is 3.77. The molecule has 0 saturated heterocycles. The van der Waals surface area contributed by atoms with Gasteiger partial charge >= 0.3 is 0 Å². The molecule has 2 N–H and O–H groups in total. The molecule has 1 heterocycles. The van der Waals surface area contributed by atoms with Crippen molar-refractivity contribution in [3.63, 3.8) is 0 Å². The zero-order valence-electron chi connectivity index (χ0n) is 8.84. The Kier molecular flexibility index (Phi) is 2.75. The van der Waals surface area contributed by atoms with Crippen molar-refractivity contribution in [2.45, 2.75) is 26.0 Å². The molecule has 0 amide bonds. The third-order valence-corrected chi connectivity index (χ3v) is 2.83. The molecule has 2 rings (SSSR count). The fraction of sp³-hybridized carbons (Fsp3) is 0.455. The van der Waals surface area contributed by atoms with Gasteiger partial charge < -0.3 is 15.2 Å². The Labute approximate surface area is 97.7 Å². The molecule has 4 heteroatoms. The van der Waals surface area contributed by atoms with Crippen LogP contribution in [0.4, 0.5) is 0 Å². The van der Waals surface area contributed by atoms with E-state index in [-0.39, 0.29) is 0 Å². The Hall–Kier alpha value is -0.580. The smallest absolute Gasteiger partial charge is 0.189 e. The number of fused-ring (bicyclic) bond motifs is 1. The van der Waals surface area contributed by atoms with E-state index in [1.54, 1.807) is 0 Å². The summed E-state index contributed by atoms with van der Waals surface area (Å²) in [4.78, 5) is 0. The van der Waals surface area contributed by atoms with E-state index in [1.165, 1.54) is 0 Å². The normalized spacial score (nSPS) is 15.7. The molecule has 0 aliphatic carbocycles.